The van der Waals surface area contributed by atoms with Crippen LogP contribution in [0.25, 0.3) is 10.9 Å². The van der Waals surface area contributed by atoms with Crippen molar-refractivity contribution >= 4 is 28.3 Å². The van der Waals surface area contributed by atoms with Crippen molar-refractivity contribution in [1.29, 1.82) is 0 Å². The third-order valence-corrected chi connectivity index (χ3v) is 4.20. The molecule has 1 aliphatic rings. The van der Waals surface area contributed by atoms with Gasteiger partial charge < -0.3 is 10.6 Å². The summed E-state index contributed by atoms with van der Waals surface area (Å²) in [6.07, 6.45) is 2.40. The lowest BCUT2D eigenvalue weighted by Crippen LogP contribution is -2.37. The zero-order chi connectivity index (χ0) is 16.4. The van der Waals surface area contributed by atoms with Crippen LogP contribution in [0, 0.1) is 16.0 Å². The molecule has 120 valence electrons. The molecule has 7 nitrogen and oxygen atoms in total. The maximum Gasteiger partial charge on any atom is 0.270 e. The van der Waals surface area contributed by atoms with E-state index in [1.807, 2.05) is 12.1 Å². The number of rotatable bonds is 4. The fourth-order valence-electron chi connectivity index (χ4n) is 3.12. The Bertz CT molecular complexity index is 762. The minimum absolute atomic E-state index is 0.0616. The summed E-state index contributed by atoms with van der Waals surface area (Å²) in [6.45, 7) is 1.65. The number of benzene rings is 1. The minimum Gasteiger partial charge on any atom is -0.370 e. The zero-order valence-corrected chi connectivity index (χ0v) is 12.6. The van der Waals surface area contributed by atoms with Crippen LogP contribution in [0.3, 0.4) is 0 Å². The molecule has 0 spiro atoms. The zero-order valence-electron chi connectivity index (χ0n) is 12.6. The number of pyridine rings is 1. The van der Waals surface area contributed by atoms with Gasteiger partial charge in [0.05, 0.1) is 10.4 Å². The van der Waals surface area contributed by atoms with Crippen molar-refractivity contribution in [3.05, 3.63) is 40.4 Å². The normalized spacial score (nSPS) is 18.1. The van der Waals surface area contributed by atoms with Crippen molar-refractivity contribution in [2.24, 2.45) is 11.7 Å². The summed E-state index contributed by atoms with van der Waals surface area (Å²) in [5.74, 6) is 0.826. The van der Waals surface area contributed by atoms with Crippen LogP contribution in [-0.4, -0.2) is 28.9 Å². The summed E-state index contributed by atoms with van der Waals surface area (Å²) in [6, 6.07) is 8.38. The Morgan fingerprint density at radius 1 is 1.39 bits per heavy atom. The number of hydrogen-bond acceptors (Lipinski definition) is 5. The molecule has 23 heavy (non-hydrogen) atoms. The molecule has 7 heteroatoms. The molecule has 1 unspecified atom stereocenters. The van der Waals surface area contributed by atoms with E-state index >= 15 is 0 Å². The Morgan fingerprint density at radius 2 is 2.22 bits per heavy atom. The van der Waals surface area contributed by atoms with E-state index in [1.165, 1.54) is 12.1 Å². The number of amides is 1. The number of nitrogens with zero attached hydrogens (tertiary/aromatic N) is 3. The van der Waals surface area contributed by atoms with Crippen LogP contribution in [0.1, 0.15) is 19.3 Å². The van der Waals surface area contributed by atoms with Gasteiger partial charge in [-0.05, 0) is 37.0 Å². The molecule has 0 radical (unpaired) electrons. The highest BCUT2D eigenvalue weighted by Gasteiger charge is 2.22. The smallest absolute Gasteiger partial charge is 0.270 e. The van der Waals surface area contributed by atoms with Gasteiger partial charge in [0.2, 0.25) is 5.91 Å². The Balaban J connectivity index is 1.83. The van der Waals surface area contributed by atoms with E-state index in [0.717, 1.165) is 42.7 Å². The molecule has 3 rings (SSSR count). The topological polar surface area (TPSA) is 102 Å². The monoisotopic (exact) mass is 314 g/mol. The van der Waals surface area contributed by atoms with E-state index in [1.54, 1.807) is 6.07 Å². The number of carbonyl (C=O) groups excluding carboxylic acids is 1. The summed E-state index contributed by atoms with van der Waals surface area (Å²) in [5.41, 5.74) is 6.08. The number of aromatic nitrogens is 1. The summed E-state index contributed by atoms with van der Waals surface area (Å²) in [4.78, 5) is 28.3. The highest BCUT2D eigenvalue weighted by atomic mass is 16.6. The van der Waals surface area contributed by atoms with Gasteiger partial charge in [0.1, 0.15) is 5.82 Å². The van der Waals surface area contributed by atoms with Gasteiger partial charge in [-0.15, -0.1) is 0 Å². The number of carbonyl (C=O) groups is 1. The number of piperidine rings is 1. The van der Waals surface area contributed by atoms with Crippen LogP contribution in [-0.2, 0) is 4.79 Å². The summed E-state index contributed by atoms with van der Waals surface area (Å²) >= 11 is 0. The van der Waals surface area contributed by atoms with Crippen LogP contribution in [0.4, 0.5) is 11.5 Å². The van der Waals surface area contributed by atoms with E-state index in [-0.39, 0.29) is 17.5 Å². The number of nitro groups is 1. The molecule has 1 amide bonds. The Morgan fingerprint density at radius 3 is 2.96 bits per heavy atom. The molecule has 1 aromatic carbocycles. The predicted octanol–water partition coefficient (Wildman–Crippen LogP) is 2.23. The van der Waals surface area contributed by atoms with Crippen molar-refractivity contribution in [2.45, 2.75) is 19.3 Å². The maximum absolute atomic E-state index is 11.1. The van der Waals surface area contributed by atoms with E-state index in [4.69, 9.17) is 5.73 Å². The van der Waals surface area contributed by atoms with Crippen LogP contribution in [0.2, 0.25) is 0 Å². The van der Waals surface area contributed by atoms with E-state index in [9.17, 15) is 14.9 Å². The van der Waals surface area contributed by atoms with Crippen molar-refractivity contribution < 1.29 is 9.72 Å². The number of nitrogens with two attached hydrogens (primary N) is 1. The largest absolute Gasteiger partial charge is 0.370 e. The first-order valence-corrected chi connectivity index (χ1v) is 7.61. The molecule has 1 fully saturated rings. The third kappa shape index (κ3) is 3.39. The van der Waals surface area contributed by atoms with Crippen molar-refractivity contribution in [3.8, 4) is 0 Å². The quantitative estimate of drug-likeness (QED) is 0.688. The molecule has 2 aromatic rings. The van der Waals surface area contributed by atoms with Gasteiger partial charge in [-0.3, -0.25) is 14.9 Å². The summed E-state index contributed by atoms with van der Waals surface area (Å²) in [5, 5.41) is 11.6. The molecule has 1 atom stereocenters. The number of nitro benzene ring substituents is 1. The van der Waals surface area contributed by atoms with Gasteiger partial charge >= 0.3 is 0 Å². The second-order valence-corrected chi connectivity index (χ2v) is 5.93. The number of fused-ring (bicyclic) bond motifs is 1. The summed E-state index contributed by atoms with van der Waals surface area (Å²) < 4.78 is 0. The number of non-ortho nitro benzene ring substituents is 1. The summed E-state index contributed by atoms with van der Waals surface area (Å²) in [7, 11) is 0. The lowest BCUT2D eigenvalue weighted by atomic mass is 9.94. The lowest BCUT2D eigenvalue weighted by molar-refractivity contribution is -0.384. The first-order chi connectivity index (χ1) is 11.0. The van der Waals surface area contributed by atoms with Crippen molar-refractivity contribution in [2.75, 3.05) is 18.0 Å². The first-order valence-electron chi connectivity index (χ1n) is 7.61. The molecule has 0 aliphatic carbocycles. The van der Waals surface area contributed by atoms with Gasteiger partial charge in [-0.2, -0.15) is 0 Å². The van der Waals surface area contributed by atoms with Gasteiger partial charge in [-0.1, -0.05) is 0 Å². The Kier molecular flexibility index (Phi) is 4.10. The molecule has 1 saturated heterocycles. The molecule has 0 bridgehead atoms. The van der Waals surface area contributed by atoms with Crippen LogP contribution in [0.15, 0.2) is 30.3 Å². The van der Waals surface area contributed by atoms with E-state index < -0.39 is 4.92 Å². The number of anilines is 1. The highest BCUT2D eigenvalue weighted by molar-refractivity contribution is 5.82. The maximum atomic E-state index is 11.1. The SMILES string of the molecule is NC(=O)CC1CCCN(c2ccc3cc([N+](=O)[O-])ccc3n2)C1. The van der Waals surface area contributed by atoms with E-state index in [0.29, 0.717) is 6.42 Å². The van der Waals surface area contributed by atoms with Crippen LogP contribution < -0.4 is 10.6 Å². The average molecular weight is 314 g/mol. The standard InChI is InChI=1S/C16H18N4O3/c17-15(21)8-11-2-1-7-19(10-11)16-6-3-12-9-13(20(22)23)4-5-14(12)18-16/h3-6,9,11H,1-2,7-8,10H2,(H2,17,21). The van der Waals surface area contributed by atoms with Gasteiger partial charge in [0.25, 0.3) is 5.69 Å². The van der Waals surface area contributed by atoms with Gasteiger partial charge in [-0.25, -0.2) is 4.98 Å². The average Bonchev–Trinajstić information content (AvgIpc) is 2.53. The minimum atomic E-state index is -0.410. The third-order valence-electron chi connectivity index (χ3n) is 4.20. The molecular weight excluding hydrogens is 296 g/mol. The molecule has 2 heterocycles. The number of primary amides is 1. The first kappa shape index (κ1) is 15.2. The Hall–Kier alpha value is -2.70. The molecule has 1 aromatic heterocycles. The molecule has 1 aliphatic heterocycles. The molecular formula is C16H18N4O3. The lowest BCUT2D eigenvalue weighted by Gasteiger charge is -2.33. The van der Waals surface area contributed by atoms with Crippen molar-refractivity contribution in [3.63, 3.8) is 0 Å². The Labute approximate surface area is 133 Å². The molecule has 0 saturated carbocycles. The fourth-order valence-corrected chi connectivity index (χ4v) is 3.12. The van der Waals surface area contributed by atoms with Gasteiger partial charge in [0, 0.05) is 37.0 Å². The predicted molar refractivity (Wildman–Crippen MR) is 87.1 cm³/mol. The fraction of sp³-hybridized carbons (Fsp3) is 0.375. The van der Waals surface area contributed by atoms with Gasteiger partial charge in [0.15, 0.2) is 0 Å². The van der Waals surface area contributed by atoms with Crippen LogP contribution >= 0.6 is 0 Å². The second kappa shape index (κ2) is 6.20. The molecule has 2 N–H and O–H groups in total. The van der Waals surface area contributed by atoms with E-state index in [2.05, 4.69) is 9.88 Å². The van der Waals surface area contributed by atoms with Crippen LogP contribution in [0.5, 0.6) is 0 Å². The highest BCUT2D eigenvalue weighted by Crippen LogP contribution is 2.26. The second-order valence-electron chi connectivity index (χ2n) is 5.93. The number of hydrogen-bond donors (Lipinski definition) is 1. The van der Waals surface area contributed by atoms with Crippen molar-refractivity contribution in [1.82, 2.24) is 4.98 Å².